The van der Waals surface area contributed by atoms with E-state index in [4.69, 9.17) is 5.26 Å². The molecular formula is C12H21N3. The van der Waals surface area contributed by atoms with E-state index in [2.05, 4.69) is 29.8 Å². The van der Waals surface area contributed by atoms with E-state index in [1.165, 1.54) is 25.8 Å². The molecule has 3 heteroatoms. The second-order valence-corrected chi connectivity index (χ2v) is 5.09. The first-order valence-electron chi connectivity index (χ1n) is 6.05. The van der Waals surface area contributed by atoms with Crippen LogP contribution in [0.5, 0.6) is 0 Å². The lowest BCUT2D eigenvalue weighted by molar-refractivity contribution is 0.136. The van der Waals surface area contributed by atoms with E-state index in [-0.39, 0.29) is 0 Å². The number of nitrogens with zero attached hydrogens (tertiary/aromatic N) is 3. The fourth-order valence-electron chi connectivity index (χ4n) is 2.77. The largest absolute Gasteiger partial charge is 0.305 e. The third-order valence-electron chi connectivity index (χ3n) is 3.68. The highest BCUT2D eigenvalue weighted by atomic mass is 15.3. The van der Waals surface area contributed by atoms with Gasteiger partial charge in [0.05, 0.1) is 12.5 Å². The molecule has 1 saturated carbocycles. The van der Waals surface area contributed by atoms with Crippen molar-refractivity contribution in [1.29, 1.82) is 5.26 Å². The van der Waals surface area contributed by atoms with Gasteiger partial charge < -0.3 is 4.90 Å². The molecule has 2 aliphatic rings. The molecule has 1 saturated heterocycles. The van der Waals surface area contributed by atoms with E-state index in [0.29, 0.717) is 18.5 Å². The Morgan fingerprint density at radius 2 is 2.07 bits per heavy atom. The summed E-state index contributed by atoms with van der Waals surface area (Å²) in [5, 5.41) is 8.91. The van der Waals surface area contributed by atoms with Crippen LogP contribution >= 0.6 is 0 Å². The second-order valence-electron chi connectivity index (χ2n) is 5.09. The highest BCUT2D eigenvalue weighted by Gasteiger charge is 2.38. The summed E-state index contributed by atoms with van der Waals surface area (Å²) in [6.45, 7) is 4.56. The van der Waals surface area contributed by atoms with Gasteiger partial charge in [-0.15, -0.1) is 0 Å². The SMILES string of the molecule is CC1CCN(C)CC(CC#N)N1C1CC1. The molecule has 2 fully saturated rings. The molecule has 0 radical (unpaired) electrons. The van der Waals surface area contributed by atoms with Crippen molar-refractivity contribution < 1.29 is 0 Å². The molecule has 0 N–H and O–H groups in total. The van der Waals surface area contributed by atoms with Gasteiger partial charge in [0, 0.05) is 24.7 Å². The van der Waals surface area contributed by atoms with Crippen LogP contribution in [0, 0.1) is 11.3 Å². The normalized spacial score (nSPS) is 34.7. The number of rotatable bonds is 2. The lowest BCUT2D eigenvalue weighted by Crippen LogP contribution is -2.45. The van der Waals surface area contributed by atoms with E-state index in [1.54, 1.807) is 0 Å². The lowest BCUT2D eigenvalue weighted by Gasteiger charge is -2.33. The molecule has 0 aromatic rings. The van der Waals surface area contributed by atoms with Crippen LogP contribution in [0.15, 0.2) is 0 Å². The molecule has 1 aliphatic carbocycles. The van der Waals surface area contributed by atoms with E-state index < -0.39 is 0 Å². The Balaban J connectivity index is 2.09. The minimum absolute atomic E-state index is 0.463. The topological polar surface area (TPSA) is 30.3 Å². The van der Waals surface area contributed by atoms with Crippen LogP contribution in [0.3, 0.4) is 0 Å². The van der Waals surface area contributed by atoms with Gasteiger partial charge in [-0.2, -0.15) is 5.26 Å². The molecule has 3 nitrogen and oxygen atoms in total. The van der Waals surface area contributed by atoms with Crippen LogP contribution in [0.1, 0.15) is 32.6 Å². The van der Waals surface area contributed by atoms with Crippen molar-refractivity contribution in [1.82, 2.24) is 9.80 Å². The first-order valence-corrected chi connectivity index (χ1v) is 6.05. The average molecular weight is 207 g/mol. The highest BCUT2D eigenvalue weighted by molar-refractivity contribution is 4.97. The number of nitriles is 1. The van der Waals surface area contributed by atoms with E-state index >= 15 is 0 Å². The minimum atomic E-state index is 0.463. The molecule has 84 valence electrons. The quantitative estimate of drug-likeness (QED) is 0.686. The molecule has 2 atom stereocenters. The van der Waals surface area contributed by atoms with Gasteiger partial charge in [-0.3, -0.25) is 4.90 Å². The van der Waals surface area contributed by atoms with Crippen molar-refractivity contribution in [2.24, 2.45) is 0 Å². The van der Waals surface area contributed by atoms with Crippen LogP contribution in [0.25, 0.3) is 0 Å². The molecule has 0 aromatic heterocycles. The Labute approximate surface area is 92.7 Å². The van der Waals surface area contributed by atoms with Crippen LogP contribution in [-0.2, 0) is 0 Å². The molecule has 1 heterocycles. The van der Waals surface area contributed by atoms with Gasteiger partial charge in [-0.25, -0.2) is 0 Å². The fourth-order valence-corrected chi connectivity index (χ4v) is 2.77. The van der Waals surface area contributed by atoms with Gasteiger partial charge in [0.1, 0.15) is 0 Å². The van der Waals surface area contributed by atoms with Gasteiger partial charge in [-0.05, 0) is 39.8 Å². The summed E-state index contributed by atoms with van der Waals surface area (Å²) >= 11 is 0. The van der Waals surface area contributed by atoms with Gasteiger partial charge in [0.2, 0.25) is 0 Å². The zero-order chi connectivity index (χ0) is 10.8. The van der Waals surface area contributed by atoms with Crippen molar-refractivity contribution in [3.63, 3.8) is 0 Å². The third-order valence-corrected chi connectivity index (χ3v) is 3.68. The molecule has 0 bridgehead atoms. The summed E-state index contributed by atoms with van der Waals surface area (Å²) in [6.07, 6.45) is 4.62. The number of likely N-dealkylation sites (N-methyl/N-ethyl adjacent to an activating group) is 1. The lowest BCUT2D eigenvalue weighted by atomic mass is 10.1. The summed E-state index contributed by atoms with van der Waals surface area (Å²) in [5.74, 6) is 0. The predicted octanol–water partition coefficient (Wildman–Crippen LogP) is 1.46. The first kappa shape index (κ1) is 10.9. The van der Waals surface area contributed by atoms with Crippen molar-refractivity contribution in [3.05, 3.63) is 0 Å². The Bertz CT molecular complexity index is 254. The average Bonchev–Trinajstić information content (AvgIpc) is 2.98. The van der Waals surface area contributed by atoms with Crippen molar-refractivity contribution in [2.75, 3.05) is 20.1 Å². The maximum atomic E-state index is 8.91. The van der Waals surface area contributed by atoms with Crippen LogP contribution < -0.4 is 0 Å². The minimum Gasteiger partial charge on any atom is -0.305 e. The molecule has 1 aliphatic heterocycles. The predicted molar refractivity (Wildman–Crippen MR) is 60.5 cm³/mol. The Morgan fingerprint density at radius 1 is 1.33 bits per heavy atom. The van der Waals surface area contributed by atoms with E-state index in [1.807, 2.05) is 0 Å². The standard InChI is InChI=1S/C12H21N3/c1-10-6-8-14(2)9-12(5-7-13)15(10)11-3-4-11/h10-12H,3-6,8-9H2,1-2H3. The maximum absolute atomic E-state index is 8.91. The van der Waals surface area contributed by atoms with Crippen molar-refractivity contribution >= 4 is 0 Å². The Kier molecular flexibility index (Phi) is 3.28. The summed E-state index contributed by atoms with van der Waals surface area (Å²) in [7, 11) is 2.17. The van der Waals surface area contributed by atoms with Gasteiger partial charge >= 0.3 is 0 Å². The van der Waals surface area contributed by atoms with Gasteiger partial charge in [0.25, 0.3) is 0 Å². The molecule has 2 unspecified atom stereocenters. The summed E-state index contributed by atoms with van der Waals surface area (Å²) < 4.78 is 0. The van der Waals surface area contributed by atoms with Gasteiger partial charge in [0.15, 0.2) is 0 Å². The van der Waals surface area contributed by atoms with Crippen molar-refractivity contribution in [3.8, 4) is 6.07 Å². The monoisotopic (exact) mass is 207 g/mol. The summed E-state index contributed by atoms with van der Waals surface area (Å²) in [6, 6.07) is 4.25. The molecule has 0 amide bonds. The fraction of sp³-hybridized carbons (Fsp3) is 0.917. The van der Waals surface area contributed by atoms with E-state index in [9.17, 15) is 0 Å². The zero-order valence-electron chi connectivity index (χ0n) is 9.82. The van der Waals surface area contributed by atoms with Gasteiger partial charge in [-0.1, -0.05) is 0 Å². The first-order chi connectivity index (χ1) is 7.22. The Hall–Kier alpha value is -0.590. The smallest absolute Gasteiger partial charge is 0.0638 e. The van der Waals surface area contributed by atoms with Crippen LogP contribution in [-0.4, -0.2) is 48.1 Å². The van der Waals surface area contributed by atoms with Crippen LogP contribution in [0.2, 0.25) is 0 Å². The number of hydrogen-bond donors (Lipinski definition) is 0. The highest BCUT2D eigenvalue weighted by Crippen LogP contribution is 2.33. The summed E-state index contributed by atoms with van der Waals surface area (Å²) in [4.78, 5) is 4.99. The number of hydrogen-bond acceptors (Lipinski definition) is 3. The third kappa shape index (κ3) is 2.50. The van der Waals surface area contributed by atoms with Crippen LogP contribution in [0.4, 0.5) is 0 Å². The molecule has 2 rings (SSSR count). The second kappa shape index (κ2) is 4.51. The molecule has 0 spiro atoms. The maximum Gasteiger partial charge on any atom is 0.0638 e. The molecule has 0 aromatic carbocycles. The molecular weight excluding hydrogens is 186 g/mol. The molecule has 15 heavy (non-hydrogen) atoms. The summed E-state index contributed by atoms with van der Waals surface area (Å²) in [5.41, 5.74) is 0. The zero-order valence-corrected chi connectivity index (χ0v) is 9.82. The van der Waals surface area contributed by atoms with E-state index in [0.717, 1.165) is 12.6 Å². The Morgan fingerprint density at radius 3 is 2.67 bits per heavy atom. The van der Waals surface area contributed by atoms with Crippen molar-refractivity contribution in [2.45, 2.75) is 50.7 Å².